The van der Waals surface area contributed by atoms with Gasteiger partial charge in [0.15, 0.2) is 0 Å². The minimum Gasteiger partial charge on any atom is -0.329 e. The van der Waals surface area contributed by atoms with Crippen molar-refractivity contribution < 1.29 is 8.42 Å². The van der Waals surface area contributed by atoms with E-state index in [-0.39, 0.29) is 4.90 Å². The van der Waals surface area contributed by atoms with E-state index >= 15 is 0 Å². The lowest BCUT2D eigenvalue weighted by molar-refractivity contribution is 0.599. The van der Waals surface area contributed by atoms with Crippen molar-refractivity contribution in [2.75, 3.05) is 11.3 Å². The molecule has 2 rings (SSSR count). The summed E-state index contributed by atoms with van der Waals surface area (Å²) in [7, 11) is -3.61. The summed E-state index contributed by atoms with van der Waals surface area (Å²) in [5.74, 6) is 0. The van der Waals surface area contributed by atoms with Gasteiger partial charge in [-0.3, -0.25) is 9.40 Å². The zero-order valence-electron chi connectivity index (χ0n) is 9.95. The molecule has 0 atom stereocenters. The number of sulfonamides is 1. The predicted molar refractivity (Wildman–Crippen MR) is 81.2 cm³/mol. The molecule has 0 unspecified atom stereocenters. The van der Waals surface area contributed by atoms with Crippen LogP contribution in [0.15, 0.2) is 41.6 Å². The minimum atomic E-state index is -3.61. The molecule has 0 aliphatic heterocycles. The van der Waals surface area contributed by atoms with Gasteiger partial charge in [-0.15, -0.1) is 0 Å². The van der Waals surface area contributed by atoms with Gasteiger partial charge in [0, 0.05) is 16.3 Å². The highest BCUT2D eigenvalue weighted by Crippen LogP contribution is 2.20. The van der Waals surface area contributed by atoms with Crippen molar-refractivity contribution in [3.05, 3.63) is 40.2 Å². The molecule has 0 saturated heterocycles. The first-order chi connectivity index (χ1) is 9.03. The standard InChI is InChI=1S/C11H13IN4O2S/c12-10-3-1-2-4-11(10)15-19(17,18)9-7-14-16(8-9)6-5-13/h1-4,7-8,15H,5-6,13H2. The third kappa shape index (κ3) is 3.45. The van der Waals surface area contributed by atoms with E-state index in [9.17, 15) is 8.42 Å². The second-order valence-corrected chi connectivity index (χ2v) is 6.66. The Hall–Kier alpha value is -1.13. The van der Waals surface area contributed by atoms with E-state index in [1.165, 1.54) is 17.1 Å². The maximum absolute atomic E-state index is 12.2. The summed E-state index contributed by atoms with van der Waals surface area (Å²) < 4.78 is 29.2. The second kappa shape index (κ2) is 5.88. The molecule has 2 aromatic rings. The van der Waals surface area contributed by atoms with Gasteiger partial charge in [-0.25, -0.2) is 8.42 Å². The Morgan fingerprint density at radius 1 is 1.37 bits per heavy atom. The summed E-state index contributed by atoms with van der Waals surface area (Å²) in [6.07, 6.45) is 2.78. The van der Waals surface area contributed by atoms with Crippen LogP contribution in [0.4, 0.5) is 5.69 Å². The quantitative estimate of drug-likeness (QED) is 0.750. The van der Waals surface area contributed by atoms with E-state index in [2.05, 4.69) is 32.4 Å². The first kappa shape index (κ1) is 14.3. The van der Waals surface area contributed by atoms with E-state index in [0.717, 1.165) is 3.57 Å². The van der Waals surface area contributed by atoms with Gasteiger partial charge in [-0.2, -0.15) is 5.10 Å². The molecule has 0 aliphatic rings. The molecule has 0 bridgehead atoms. The van der Waals surface area contributed by atoms with Crippen molar-refractivity contribution in [2.24, 2.45) is 5.73 Å². The summed E-state index contributed by atoms with van der Waals surface area (Å²) in [4.78, 5) is 0.126. The maximum atomic E-state index is 12.2. The summed E-state index contributed by atoms with van der Waals surface area (Å²) >= 11 is 2.07. The first-order valence-electron chi connectivity index (χ1n) is 5.53. The number of hydrogen-bond acceptors (Lipinski definition) is 4. The lowest BCUT2D eigenvalue weighted by Gasteiger charge is -2.07. The van der Waals surface area contributed by atoms with Gasteiger partial charge in [-0.1, -0.05) is 12.1 Å². The van der Waals surface area contributed by atoms with E-state index < -0.39 is 10.0 Å². The van der Waals surface area contributed by atoms with Crippen molar-refractivity contribution in [1.29, 1.82) is 0 Å². The molecule has 0 radical (unpaired) electrons. The van der Waals surface area contributed by atoms with Crippen LogP contribution in [0.2, 0.25) is 0 Å². The number of nitrogens with zero attached hydrogens (tertiary/aromatic N) is 2. The molecule has 0 saturated carbocycles. The Balaban J connectivity index is 2.25. The largest absolute Gasteiger partial charge is 0.329 e. The van der Waals surface area contributed by atoms with Crippen molar-refractivity contribution in [3.8, 4) is 0 Å². The number of rotatable bonds is 5. The molecule has 102 valence electrons. The number of anilines is 1. The molecule has 0 aliphatic carbocycles. The molecule has 3 N–H and O–H groups in total. The predicted octanol–water partition coefficient (Wildman–Crippen LogP) is 1.25. The Kier molecular flexibility index (Phi) is 4.42. The summed E-state index contributed by atoms with van der Waals surface area (Å²) in [6.45, 7) is 0.892. The van der Waals surface area contributed by atoms with Crippen molar-refractivity contribution in [2.45, 2.75) is 11.4 Å². The van der Waals surface area contributed by atoms with Crippen LogP contribution in [0.25, 0.3) is 0 Å². The van der Waals surface area contributed by atoms with Gasteiger partial charge in [0.1, 0.15) is 4.90 Å². The molecular weight excluding hydrogens is 379 g/mol. The Bertz CT molecular complexity index is 669. The zero-order chi connectivity index (χ0) is 13.9. The third-order valence-corrected chi connectivity index (χ3v) is 4.66. The first-order valence-corrected chi connectivity index (χ1v) is 8.09. The Morgan fingerprint density at radius 2 is 2.11 bits per heavy atom. The average molecular weight is 392 g/mol. The molecule has 0 fully saturated rings. The van der Waals surface area contributed by atoms with E-state index in [4.69, 9.17) is 5.73 Å². The van der Waals surface area contributed by atoms with E-state index in [1.54, 1.807) is 12.1 Å². The average Bonchev–Trinajstić information content (AvgIpc) is 2.82. The summed E-state index contributed by atoms with van der Waals surface area (Å²) in [6, 6.07) is 7.16. The molecule has 1 heterocycles. The molecular formula is C11H13IN4O2S. The van der Waals surface area contributed by atoms with Gasteiger partial charge < -0.3 is 5.73 Å². The van der Waals surface area contributed by atoms with Crippen molar-refractivity contribution in [3.63, 3.8) is 0 Å². The lowest BCUT2D eigenvalue weighted by Crippen LogP contribution is -2.13. The fraction of sp³-hybridized carbons (Fsp3) is 0.182. The number of halogens is 1. The normalized spacial score (nSPS) is 11.5. The number of hydrogen-bond donors (Lipinski definition) is 2. The van der Waals surface area contributed by atoms with Gasteiger partial charge in [0.2, 0.25) is 0 Å². The maximum Gasteiger partial charge on any atom is 0.265 e. The molecule has 0 amide bonds. The second-order valence-electron chi connectivity index (χ2n) is 3.81. The number of benzene rings is 1. The molecule has 6 nitrogen and oxygen atoms in total. The number of nitrogens with one attached hydrogen (secondary N) is 1. The number of nitrogens with two attached hydrogens (primary N) is 1. The van der Waals surface area contributed by atoms with Crippen molar-refractivity contribution in [1.82, 2.24) is 9.78 Å². The van der Waals surface area contributed by atoms with Crippen LogP contribution in [0.5, 0.6) is 0 Å². The van der Waals surface area contributed by atoms with Gasteiger partial charge in [0.25, 0.3) is 10.0 Å². The van der Waals surface area contributed by atoms with Gasteiger partial charge in [-0.05, 0) is 34.7 Å². The Labute approximate surface area is 125 Å². The highest BCUT2D eigenvalue weighted by Gasteiger charge is 2.17. The fourth-order valence-corrected chi connectivity index (χ4v) is 3.22. The molecule has 8 heteroatoms. The van der Waals surface area contributed by atoms with Crippen LogP contribution >= 0.6 is 22.6 Å². The number of aromatic nitrogens is 2. The number of para-hydroxylation sites is 1. The SMILES string of the molecule is NCCn1cc(S(=O)(=O)Nc2ccccc2I)cn1. The monoisotopic (exact) mass is 392 g/mol. The minimum absolute atomic E-state index is 0.126. The summed E-state index contributed by atoms with van der Waals surface area (Å²) in [5.41, 5.74) is 5.95. The summed E-state index contributed by atoms with van der Waals surface area (Å²) in [5, 5.41) is 3.95. The van der Waals surface area contributed by atoms with Crippen molar-refractivity contribution >= 4 is 38.3 Å². The Morgan fingerprint density at radius 3 is 2.79 bits per heavy atom. The van der Waals surface area contributed by atoms with Gasteiger partial charge >= 0.3 is 0 Å². The van der Waals surface area contributed by atoms with Crippen LogP contribution in [-0.2, 0) is 16.6 Å². The highest BCUT2D eigenvalue weighted by molar-refractivity contribution is 14.1. The van der Waals surface area contributed by atoms with Crippen LogP contribution in [0.3, 0.4) is 0 Å². The van der Waals surface area contributed by atoms with Gasteiger partial charge in [0.05, 0.1) is 18.4 Å². The van der Waals surface area contributed by atoms with E-state index in [1.807, 2.05) is 12.1 Å². The molecule has 0 spiro atoms. The topological polar surface area (TPSA) is 90.0 Å². The smallest absolute Gasteiger partial charge is 0.265 e. The van der Waals surface area contributed by atoms with Crippen LogP contribution in [-0.4, -0.2) is 24.7 Å². The lowest BCUT2D eigenvalue weighted by atomic mass is 10.3. The molecule has 1 aromatic carbocycles. The zero-order valence-corrected chi connectivity index (χ0v) is 12.9. The third-order valence-electron chi connectivity index (χ3n) is 2.40. The fourth-order valence-electron chi connectivity index (χ4n) is 1.49. The van der Waals surface area contributed by atoms with Crippen LogP contribution in [0, 0.1) is 3.57 Å². The highest BCUT2D eigenvalue weighted by atomic mass is 127. The van der Waals surface area contributed by atoms with Crippen LogP contribution < -0.4 is 10.5 Å². The molecule has 19 heavy (non-hydrogen) atoms. The van der Waals surface area contributed by atoms with Crippen LogP contribution in [0.1, 0.15) is 0 Å². The van der Waals surface area contributed by atoms with E-state index in [0.29, 0.717) is 18.8 Å². The molecule has 1 aromatic heterocycles.